The molecular weight excluding hydrogens is 404 g/mol. The van der Waals surface area contributed by atoms with Gasteiger partial charge < -0.3 is 31.2 Å². The first-order chi connectivity index (χ1) is 15.4. The first-order valence-electron chi connectivity index (χ1n) is 9.47. The van der Waals surface area contributed by atoms with Gasteiger partial charge in [-0.05, 0) is 48.5 Å². The van der Waals surface area contributed by atoms with E-state index in [1.807, 2.05) is 0 Å². The summed E-state index contributed by atoms with van der Waals surface area (Å²) in [6, 6.07) is 16.0. The largest absolute Gasteiger partial charge is 0.506 e. The fraction of sp³-hybridized carbons (Fsp3) is 0. The summed E-state index contributed by atoms with van der Waals surface area (Å²) in [5.74, 6) is 6.66. The Hall–Kier alpha value is -4.94. The molecule has 0 amide bonds. The summed E-state index contributed by atoms with van der Waals surface area (Å²) >= 11 is 0. The van der Waals surface area contributed by atoms with Crippen LogP contribution in [0.4, 0.5) is 11.4 Å². The molecule has 0 saturated carbocycles. The fourth-order valence-corrected chi connectivity index (χ4v) is 3.27. The second-order valence-corrected chi connectivity index (χ2v) is 6.91. The summed E-state index contributed by atoms with van der Waals surface area (Å²) < 4.78 is 12.0. The summed E-state index contributed by atoms with van der Waals surface area (Å²) in [5, 5.41) is 21.0. The second-order valence-electron chi connectivity index (χ2n) is 6.91. The van der Waals surface area contributed by atoms with Crippen LogP contribution in [0.3, 0.4) is 0 Å². The Balaban J connectivity index is 1.90. The molecule has 6 heteroatoms. The highest BCUT2D eigenvalue weighted by molar-refractivity contribution is 6.01. The third-order valence-corrected chi connectivity index (χ3v) is 4.85. The van der Waals surface area contributed by atoms with E-state index in [4.69, 9.17) is 33.8 Å². The number of hydrogen-bond acceptors (Lipinski definition) is 6. The summed E-state index contributed by atoms with van der Waals surface area (Å²) in [5.41, 5.74) is 12.9. The third-order valence-electron chi connectivity index (χ3n) is 4.85. The van der Waals surface area contributed by atoms with Crippen LogP contribution in [0.1, 0.15) is 11.1 Å². The molecule has 156 valence electrons. The van der Waals surface area contributed by atoms with E-state index in [0.29, 0.717) is 44.9 Å². The van der Waals surface area contributed by atoms with E-state index < -0.39 is 0 Å². The van der Waals surface area contributed by atoms with Gasteiger partial charge in [-0.1, -0.05) is 11.8 Å². The highest BCUT2D eigenvalue weighted by Crippen LogP contribution is 2.42. The van der Waals surface area contributed by atoms with E-state index in [9.17, 15) is 10.2 Å². The molecule has 0 aromatic heterocycles. The first-order valence-corrected chi connectivity index (χ1v) is 9.47. The minimum atomic E-state index is -0.101. The molecule has 0 heterocycles. The van der Waals surface area contributed by atoms with Crippen molar-refractivity contribution in [2.75, 3.05) is 11.5 Å². The molecule has 0 saturated heterocycles. The SMILES string of the molecule is C#Cc1ccc(Oc2ccc(N)c(O)c2)c2c(C#C)ccc(Oc3ccc(N)c(O)c3)c12. The molecule has 0 radical (unpaired) electrons. The van der Waals surface area contributed by atoms with Crippen molar-refractivity contribution in [3.8, 4) is 59.2 Å². The number of hydrogen-bond donors (Lipinski definition) is 4. The molecule has 32 heavy (non-hydrogen) atoms. The summed E-state index contributed by atoms with van der Waals surface area (Å²) in [7, 11) is 0. The van der Waals surface area contributed by atoms with Crippen molar-refractivity contribution in [1.29, 1.82) is 0 Å². The minimum Gasteiger partial charge on any atom is -0.506 e. The Morgan fingerprint density at radius 2 is 1.03 bits per heavy atom. The second kappa shape index (κ2) is 8.06. The van der Waals surface area contributed by atoms with E-state index in [0.717, 1.165) is 0 Å². The van der Waals surface area contributed by atoms with Gasteiger partial charge in [-0.2, -0.15) is 0 Å². The quantitative estimate of drug-likeness (QED) is 0.210. The standard InChI is InChI=1S/C26H18N2O4/c1-3-15-5-11-24(32-18-8-10-20(28)22(30)14-18)26-16(4-2)6-12-23(25(15)26)31-17-7-9-19(27)21(29)13-17/h1-2,5-14,29-30H,27-28H2. The van der Waals surface area contributed by atoms with Crippen LogP contribution in [-0.4, -0.2) is 10.2 Å². The monoisotopic (exact) mass is 422 g/mol. The molecule has 4 rings (SSSR count). The third kappa shape index (κ3) is 3.65. The minimum absolute atomic E-state index is 0.101. The number of rotatable bonds is 4. The van der Waals surface area contributed by atoms with Crippen molar-refractivity contribution in [3.63, 3.8) is 0 Å². The van der Waals surface area contributed by atoms with Crippen molar-refractivity contribution in [2.24, 2.45) is 0 Å². The molecule has 4 aromatic rings. The van der Waals surface area contributed by atoms with E-state index >= 15 is 0 Å². The molecule has 0 unspecified atom stereocenters. The van der Waals surface area contributed by atoms with Gasteiger partial charge in [0.1, 0.15) is 34.5 Å². The maximum absolute atomic E-state index is 9.91. The molecule has 0 aliphatic rings. The van der Waals surface area contributed by atoms with Crippen LogP contribution in [0.5, 0.6) is 34.5 Å². The molecule has 4 aromatic carbocycles. The molecule has 0 fully saturated rings. The smallest absolute Gasteiger partial charge is 0.142 e. The Bertz CT molecular complexity index is 1330. The molecule has 6 N–H and O–H groups in total. The normalized spacial score (nSPS) is 10.3. The highest BCUT2D eigenvalue weighted by Gasteiger charge is 2.17. The van der Waals surface area contributed by atoms with Crippen LogP contribution >= 0.6 is 0 Å². The van der Waals surface area contributed by atoms with Crippen molar-refractivity contribution in [2.45, 2.75) is 0 Å². The maximum Gasteiger partial charge on any atom is 0.142 e. The van der Waals surface area contributed by atoms with Crippen molar-refractivity contribution in [1.82, 2.24) is 0 Å². The molecule has 0 bridgehead atoms. The van der Waals surface area contributed by atoms with Gasteiger partial charge in [0.25, 0.3) is 0 Å². The lowest BCUT2D eigenvalue weighted by molar-refractivity contribution is 0.456. The van der Waals surface area contributed by atoms with Gasteiger partial charge in [0, 0.05) is 34.0 Å². The number of ether oxygens (including phenoxy) is 2. The lowest BCUT2D eigenvalue weighted by atomic mass is 9.98. The summed E-state index contributed by atoms with van der Waals surface area (Å²) in [6.45, 7) is 0. The Labute approximate surface area is 184 Å². The number of phenols is 2. The van der Waals surface area contributed by atoms with Crippen molar-refractivity contribution in [3.05, 3.63) is 71.8 Å². The Morgan fingerprint density at radius 1 is 0.625 bits per heavy atom. The van der Waals surface area contributed by atoms with Crippen LogP contribution in [0.15, 0.2) is 60.7 Å². The van der Waals surface area contributed by atoms with Crippen LogP contribution in [0.25, 0.3) is 10.8 Å². The average Bonchev–Trinajstić information content (AvgIpc) is 2.79. The Kier molecular flexibility index (Phi) is 5.12. The number of phenolic OH excluding ortho intramolecular Hbond substituents is 2. The van der Waals surface area contributed by atoms with E-state index in [1.54, 1.807) is 36.4 Å². The van der Waals surface area contributed by atoms with E-state index in [2.05, 4.69) is 11.8 Å². The molecule has 0 atom stereocenters. The van der Waals surface area contributed by atoms with Crippen LogP contribution in [0.2, 0.25) is 0 Å². The van der Waals surface area contributed by atoms with Gasteiger partial charge >= 0.3 is 0 Å². The van der Waals surface area contributed by atoms with E-state index in [1.165, 1.54) is 24.3 Å². The van der Waals surface area contributed by atoms with Crippen LogP contribution < -0.4 is 20.9 Å². The number of aromatic hydroxyl groups is 2. The van der Waals surface area contributed by atoms with Crippen molar-refractivity contribution >= 4 is 22.1 Å². The van der Waals surface area contributed by atoms with Crippen molar-refractivity contribution < 1.29 is 19.7 Å². The zero-order valence-electron chi connectivity index (χ0n) is 16.8. The van der Waals surface area contributed by atoms with Gasteiger partial charge in [-0.15, -0.1) is 12.8 Å². The molecular formula is C26H18N2O4. The number of nitrogens with two attached hydrogens (primary N) is 2. The highest BCUT2D eigenvalue weighted by atomic mass is 16.5. The number of benzene rings is 4. The van der Waals surface area contributed by atoms with E-state index in [-0.39, 0.29) is 22.9 Å². The topological polar surface area (TPSA) is 111 Å². The molecule has 0 aliphatic heterocycles. The van der Waals surface area contributed by atoms with Gasteiger partial charge in [-0.25, -0.2) is 0 Å². The van der Waals surface area contributed by atoms with Crippen LogP contribution in [0, 0.1) is 24.7 Å². The predicted molar refractivity (Wildman–Crippen MR) is 125 cm³/mol. The molecule has 0 aliphatic carbocycles. The molecule has 6 nitrogen and oxygen atoms in total. The fourth-order valence-electron chi connectivity index (χ4n) is 3.27. The lowest BCUT2D eigenvalue weighted by Crippen LogP contribution is -1.95. The average molecular weight is 422 g/mol. The summed E-state index contributed by atoms with van der Waals surface area (Å²) in [4.78, 5) is 0. The molecule has 0 spiro atoms. The van der Waals surface area contributed by atoms with Gasteiger partial charge in [0.2, 0.25) is 0 Å². The number of fused-ring (bicyclic) bond motifs is 1. The summed E-state index contributed by atoms with van der Waals surface area (Å²) in [6.07, 6.45) is 11.5. The lowest BCUT2D eigenvalue weighted by Gasteiger charge is -2.16. The number of nitrogen functional groups attached to an aromatic ring is 2. The number of anilines is 2. The first kappa shape index (κ1) is 20.3. The predicted octanol–water partition coefficient (Wildman–Crippen LogP) is 4.96. The van der Waals surface area contributed by atoms with Gasteiger partial charge in [0.15, 0.2) is 0 Å². The number of terminal acetylenes is 2. The zero-order valence-corrected chi connectivity index (χ0v) is 16.8. The Morgan fingerprint density at radius 3 is 1.38 bits per heavy atom. The zero-order chi connectivity index (χ0) is 22.8. The van der Waals surface area contributed by atoms with Gasteiger partial charge in [0.05, 0.1) is 11.4 Å². The van der Waals surface area contributed by atoms with Crippen LogP contribution in [-0.2, 0) is 0 Å². The van der Waals surface area contributed by atoms with Gasteiger partial charge in [-0.3, -0.25) is 0 Å². The maximum atomic E-state index is 9.91.